The van der Waals surface area contributed by atoms with Gasteiger partial charge in [-0.15, -0.1) is 0 Å². The molecule has 0 heterocycles. The highest BCUT2D eigenvalue weighted by molar-refractivity contribution is 5.83. The third-order valence-corrected chi connectivity index (χ3v) is 2.29. The summed E-state index contributed by atoms with van der Waals surface area (Å²) in [6.07, 6.45) is 0.834. The van der Waals surface area contributed by atoms with Gasteiger partial charge in [0, 0.05) is 6.92 Å². The molecule has 2 N–H and O–H groups in total. The van der Waals surface area contributed by atoms with E-state index in [1.165, 1.54) is 6.92 Å². The van der Waals surface area contributed by atoms with Crippen LogP contribution in [0.2, 0.25) is 0 Å². The number of aliphatic carboxylic acids is 1. The van der Waals surface area contributed by atoms with Crippen molar-refractivity contribution in [2.75, 3.05) is 0 Å². The molecule has 0 spiro atoms. The number of carboxylic acids is 1. The fourth-order valence-corrected chi connectivity index (χ4v) is 1.48. The van der Waals surface area contributed by atoms with E-state index in [0.29, 0.717) is 5.56 Å². The first-order valence-corrected chi connectivity index (χ1v) is 5.13. The van der Waals surface area contributed by atoms with Crippen LogP contribution in [0.25, 0.3) is 0 Å². The van der Waals surface area contributed by atoms with Crippen LogP contribution in [0.3, 0.4) is 0 Å². The van der Waals surface area contributed by atoms with Gasteiger partial charge in [0.2, 0.25) is 5.91 Å². The van der Waals surface area contributed by atoms with Crippen LogP contribution < -0.4 is 5.32 Å². The van der Waals surface area contributed by atoms with Crippen LogP contribution in [-0.4, -0.2) is 17.0 Å². The Bertz CT molecular complexity index is 401. The second kappa shape index (κ2) is 5.30. The first-order valence-electron chi connectivity index (χ1n) is 5.13. The van der Waals surface area contributed by atoms with E-state index in [9.17, 15) is 9.59 Å². The van der Waals surface area contributed by atoms with Crippen molar-refractivity contribution in [2.45, 2.75) is 26.3 Å². The average Bonchev–Trinajstić information content (AvgIpc) is 2.25. The summed E-state index contributed by atoms with van der Waals surface area (Å²) >= 11 is 0. The average molecular weight is 221 g/mol. The van der Waals surface area contributed by atoms with Crippen molar-refractivity contribution in [3.63, 3.8) is 0 Å². The van der Waals surface area contributed by atoms with Crippen molar-refractivity contribution in [3.8, 4) is 0 Å². The van der Waals surface area contributed by atoms with Crippen LogP contribution in [0.5, 0.6) is 0 Å². The monoisotopic (exact) mass is 221 g/mol. The van der Waals surface area contributed by atoms with Gasteiger partial charge in [-0.3, -0.25) is 4.79 Å². The molecule has 0 bridgehead atoms. The molecule has 0 aliphatic heterocycles. The Balaban J connectivity index is 3.00. The van der Waals surface area contributed by atoms with Crippen LogP contribution in [0.4, 0.5) is 0 Å². The minimum atomic E-state index is -1.05. The van der Waals surface area contributed by atoms with E-state index in [2.05, 4.69) is 5.32 Å². The quantitative estimate of drug-likeness (QED) is 0.809. The first kappa shape index (κ1) is 12.2. The summed E-state index contributed by atoms with van der Waals surface area (Å²) in [6, 6.07) is 6.26. The number of hydrogen-bond acceptors (Lipinski definition) is 2. The Hall–Kier alpha value is -1.84. The Morgan fingerprint density at radius 2 is 2.12 bits per heavy atom. The molecule has 1 amide bonds. The molecule has 1 atom stereocenters. The Morgan fingerprint density at radius 1 is 1.44 bits per heavy atom. The van der Waals surface area contributed by atoms with Crippen LogP contribution in [0.1, 0.15) is 31.0 Å². The Morgan fingerprint density at radius 3 is 2.62 bits per heavy atom. The fourth-order valence-electron chi connectivity index (χ4n) is 1.48. The van der Waals surface area contributed by atoms with Gasteiger partial charge in [-0.1, -0.05) is 31.2 Å². The Labute approximate surface area is 94.3 Å². The third-order valence-electron chi connectivity index (χ3n) is 2.29. The van der Waals surface area contributed by atoms with E-state index in [1.54, 1.807) is 18.2 Å². The van der Waals surface area contributed by atoms with Crippen molar-refractivity contribution in [2.24, 2.45) is 0 Å². The molecular formula is C12H15NO3. The highest BCUT2D eigenvalue weighted by Crippen LogP contribution is 2.15. The second-order valence-electron chi connectivity index (χ2n) is 3.57. The third kappa shape index (κ3) is 3.08. The lowest BCUT2D eigenvalue weighted by molar-refractivity contribution is -0.141. The summed E-state index contributed by atoms with van der Waals surface area (Å²) < 4.78 is 0. The fraction of sp³-hybridized carbons (Fsp3) is 0.333. The molecule has 1 unspecified atom stereocenters. The van der Waals surface area contributed by atoms with Gasteiger partial charge >= 0.3 is 5.97 Å². The summed E-state index contributed by atoms with van der Waals surface area (Å²) in [5, 5.41) is 11.4. The number of benzene rings is 1. The van der Waals surface area contributed by atoms with Crippen LogP contribution in [0.15, 0.2) is 24.3 Å². The van der Waals surface area contributed by atoms with Gasteiger partial charge in [0.15, 0.2) is 6.04 Å². The minimum Gasteiger partial charge on any atom is -0.479 e. The normalized spacial score (nSPS) is 11.9. The second-order valence-corrected chi connectivity index (χ2v) is 3.57. The lowest BCUT2D eigenvalue weighted by atomic mass is 10.0. The van der Waals surface area contributed by atoms with Crippen LogP contribution >= 0.6 is 0 Å². The van der Waals surface area contributed by atoms with Crippen LogP contribution in [0, 0.1) is 0 Å². The maximum atomic E-state index is 11.0. The van der Waals surface area contributed by atoms with Gasteiger partial charge in [-0.05, 0) is 17.5 Å². The number of carbonyl (C=O) groups excluding carboxylic acids is 1. The predicted molar refractivity (Wildman–Crippen MR) is 60.0 cm³/mol. The van der Waals surface area contributed by atoms with E-state index in [0.717, 1.165) is 12.0 Å². The van der Waals surface area contributed by atoms with Crippen molar-refractivity contribution >= 4 is 11.9 Å². The molecule has 0 fully saturated rings. The topological polar surface area (TPSA) is 66.4 Å². The number of amides is 1. The standard InChI is InChI=1S/C12H15NO3/c1-3-9-5-4-6-10(7-9)11(12(15)16)13-8(2)14/h4-7,11H,3H2,1-2H3,(H,13,14)(H,15,16). The molecule has 86 valence electrons. The Kier molecular flexibility index (Phi) is 4.05. The summed E-state index contributed by atoms with van der Waals surface area (Å²) in [4.78, 5) is 21.9. The number of aryl methyl sites for hydroxylation is 1. The van der Waals surface area contributed by atoms with Crippen molar-refractivity contribution < 1.29 is 14.7 Å². The van der Waals surface area contributed by atoms with E-state index in [4.69, 9.17) is 5.11 Å². The number of rotatable bonds is 4. The van der Waals surface area contributed by atoms with Crippen molar-refractivity contribution in [1.82, 2.24) is 5.32 Å². The van der Waals surface area contributed by atoms with Crippen molar-refractivity contribution in [3.05, 3.63) is 35.4 Å². The SMILES string of the molecule is CCc1cccc(C(NC(C)=O)C(=O)O)c1. The van der Waals surface area contributed by atoms with Gasteiger partial charge < -0.3 is 10.4 Å². The molecule has 16 heavy (non-hydrogen) atoms. The molecular weight excluding hydrogens is 206 g/mol. The summed E-state index contributed by atoms with van der Waals surface area (Å²) in [5.74, 6) is -1.40. The van der Waals surface area contributed by atoms with Gasteiger partial charge in [0.1, 0.15) is 0 Å². The zero-order chi connectivity index (χ0) is 12.1. The highest BCUT2D eigenvalue weighted by atomic mass is 16.4. The van der Waals surface area contributed by atoms with E-state index >= 15 is 0 Å². The van der Waals surface area contributed by atoms with Crippen LogP contribution in [-0.2, 0) is 16.0 Å². The van der Waals surface area contributed by atoms with Gasteiger partial charge in [0.25, 0.3) is 0 Å². The van der Waals surface area contributed by atoms with E-state index < -0.39 is 12.0 Å². The largest absolute Gasteiger partial charge is 0.479 e. The maximum absolute atomic E-state index is 11.0. The molecule has 0 aliphatic carbocycles. The van der Waals surface area contributed by atoms with Crippen molar-refractivity contribution in [1.29, 1.82) is 0 Å². The molecule has 4 heteroatoms. The van der Waals surface area contributed by atoms with Gasteiger partial charge in [-0.25, -0.2) is 4.79 Å². The minimum absolute atomic E-state index is 0.352. The number of hydrogen-bond donors (Lipinski definition) is 2. The zero-order valence-electron chi connectivity index (χ0n) is 9.36. The van der Waals surface area contributed by atoms with Gasteiger partial charge in [0.05, 0.1) is 0 Å². The molecule has 1 rings (SSSR count). The van der Waals surface area contributed by atoms with Gasteiger partial charge in [-0.2, -0.15) is 0 Å². The first-order chi connectivity index (χ1) is 7.54. The molecule has 0 saturated heterocycles. The maximum Gasteiger partial charge on any atom is 0.330 e. The lowest BCUT2D eigenvalue weighted by Gasteiger charge is -2.14. The molecule has 1 aromatic rings. The number of carboxylic acid groups (broad SMARTS) is 1. The van der Waals surface area contributed by atoms with E-state index in [1.807, 2.05) is 13.0 Å². The van der Waals surface area contributed by atoms with E-state index in [-0.39, 0.29) is 5.91 Å². The molecule has 1 aromatic carbocycles. The number of carbonyl (C=O) groups is 2. The highest BCUT2D eigenvalue weighted by Gasteiger charge is 2.20. The smallest absolute Gasteiger partial charge is 0.330 e. The summed E-state index contributed by atoms with van der Waals surface area (Å²) in [5.41, 5.74) is 1.65. The molecule has 0 aromatic heterocycles. The molecule has 0 aliphatic rings. The lowest BCUT2D eigenvalue weighted by Crippen LogP contribution is -2.32. The number of nitrogens with one attached hydrogen (secondary N) is 1. The summed E-state index contributed by atoms with van der Waals surface area (Å²) in [6.45, 7) is 3.30. The molecule has 0 saturated carbocycles. The predicted octanol–water partition coefficient (Wildman–Crippen LogP) is 1.51. The molecule has 0 radical (unpaired) electrons. The summed E-state index contributed by atoms with van der Waals surface area (Å²) in [7, 11) is 0. The molecule has 4 nitrogen and oxygen atoms in total. The zero-order valence-corrected chi connectivity index (χ0v) is 9.36.